The number of imidazole rings is 1. The van der Waals surface area contributed by atoms with Crippen LogP contribution in [-0.2, 0) is 7.05 Å². The molecule has 0 atom stereocenters. The van der Waals surface area contributed by atoms with Crippen LogP contribution in [0.25, 0.3) is 11.0 Å². The minimum Gasteiger partial charge on any atom is -0.330 e. The van der Waals surface area contributed by atoms with Gasteiger partial charge >= 0.3 is 0 Å². The van der Waals surface area contributed by atoms with Crippen molar-refractivity contribution in [2.75, 3.05) is 0 Å². The number of hydrogen-bond donors (Lipinski definition) is 0. The van der Waals surface area contributed by atoms with E-state index in [1.165, 1.54) is 9.09 Å². The van der Waals surface area contributed by atoms with Crippen LogP contribution in [0.3, 0.4) is 0 Å². The Morgan fingerprint density at radius 1 is 1.42 bits per heavy atom. The van der Waals surface area contributed by atoms with Crippen molar-refractivity contribution in [1.29, 1.82) is 0 Å². The number of nitrogens with zero attached hydrogens (tertiary/aromatic N) is 2. The van der Waals surface area contributed by atoms with Gasteiger partial charge in [-0.05, 0) is 41.6 Å². The first kappa shape index (κ1) is 8.04. The topological polar surface area (TPSA) is 17.8 Å². The summed E-state index contributed by atoms with van der Waals surface area (Å²) in [5.74, 6) is 1.06. The highest BCUT2D eigenvalue weighted by Crippen LogP contribution is 2.20. The first-order valence-electron chi connectivity index (χ1n) is 3.77. The number of rotatable bonds is 0. The molecule has 0 aliphatic heterocycles. The minimum absolute atomic E-state index is 1.06. The van der Waals surface area contributed by atoms with Gasteiger partial charge < -0.3 is 4.57 Å². The lowest BCUT2D eigenvalue weighted by Crippen LogP contribution is -1.91. The zero-order valence-corrected chi connectivity index (χ0v) is 9.16. The molecule has 0 amide bonds. The Labute approximate surface area is 84.7 Å². The monoisotopic (exact) mass is 272 g/mol. The Kier molecular flexibility index (Phi) is 1.83. The van der Waals surface area contributed by atoms with Crippen molar-refractivity contribution in [2.24, 2.45) is 7.05 Å². The van der Waals surface area contributed by atoms with E-state index in [-0.39, 0.29) is 0 Å². The van der Waals surface area contributed by atoms with Gasteiger partial charge in [0.2, 0.25) is 0 Å². The van der Waals surface area contributed by atoms with Gasteiger partial charge in [-0.15, -0.1) is 0 Å². The summed E-state index contributed by atoms with van der Waals surface area (Å²) >= 11 is 2.34. The molecule has 0 saturated heterocycles. The largest absolute Gasteiger partial charge is 0.330 e. The van der Waals surface area contributed by atoms with Crippen molar-refractivity contribution < 1.29 is 0 Å². The van der Waals surface area contributed by atoms with Crippen molar-refractivity contribution >= 4 is 33.6 Å². The number of benzene rings is 1. The maximum atomic E-state index is 4.43. The van der Waals surface area contributed by atoms with Gasteiger partial charge in [0.05, 0.1) is 11.0 Å². The molecule has 2 aromatic rings. The molecule has 0 bridgehead atoms. The summed E-state index contributed by atoms with van der Waals surface area (Å²) in [6, 6.07) is 6.19. The molecule has 12 heavy (non-hydrogen) atoms. The van der Waals surface area contributed by atoms with E-state index < -0.39 is 0 Å². The van der Waals surface area contributed by atoms with Gasteiger partial charge in [-0.2, -0.15) is 0 Å². The molecule has 0 spiro atoms. The zero-order valence-electron chi connectivity index (χ0n) is 7.00. The molecule has 0 N–H and O–H groups in total. The molecule has 2 nitrogen and oxygen atoms in total. The summed E-state index contributed by atoms with van der Waals surface area (Å²) in [5.41, 5.74) is 2.32. The normalized spacial score (nSPS) is 10.9. The van der Waals surface area contributed by atoms with Crippen molar-refractivity contribution in [3.8, 4) is 0 Å². The predicted molar refractivity (Wildman–Crippen MR) is 58.2 cm³/mol. The van der Waals surface area contributed by atoms with Gasteiger partial charge in [0.25, 0.3) is 0 Å². The van der Waals surface area contributed by atoms with Crippen LogP contribution in [0.2, 0.25) is 0 Å². The number of aryl methyl sites for hydroxylation is 2. The number of halogens is 1. The molecule has 0 radical (unpaired) electrons. The van der Waals surface area contributed by atoms with Crippen molar-refractivity contribution in [3.05, 3.63) is 27.6 Å². The van der Waals surface area contributed by atoms with E-state index >= 15 is 0 Å². The van der Waals surface area contributed by atoms with Gasteiger partial charge in [-0.3, -0.25) is 0 Å². The third kappa shape index (κ3) is 1.03. The lowest BCUT2D eigenvalue weighted by atomic mass is 10.3. The van der Waals surface area contributed by atoms with E-state index in [1.54, 1.807) is 0 Å². The molecule has 62 valence electrons. The first-order valence-corrected chi connectivity index (χ1v) is 4.85. The molecule has 2 rings (SSSR count). The summed E-state index contributed by atoms with van der Waals surface area (Å²) in [5, 5.41) is 0. The van der Waals surface area contributed by atoms with Gasteiger partial charge in [-0.25, -0.2) is 4.98 Å². The minimum atomic E-state index is 1.06. The fourth-order valence-corrected chi connectivity index (χ4v) is 2.18. The second-order valence-electron chi connectivity index (χ2n) is 2.83. The molecule has 0 unspecified atom stereocenters. The molecule has 1 aromatic heterocycles. The van der Waals surface area contributed by atoms with Crippen LogP contribution >= 0.6 is 22.6 Å². The van der Waals surface area contributed by atoms with Crippen LogP contribution in [0, 0.1) is 10.5 Å². The number of para-hydroxylation sites is 1. The van der Waals surface area contributed by atoms with Crippen LogP contribution in [0.5, 0.6) is 0 Å². The molecule has 0 aliphatic carbocycles. The van der Waals surface area contributed by atoms with Crippen LogP contribution in [0.4, 0.5) is 0 Å². The maximum absolute atomic E-state index is 4.43. The fraction of sp³-hybridized carbons (Fsp3) is 0.222. The molecular weight excluding hydrogens is 263 g/mol. The summed E-state index contributed by atoms with van der Waals surface area (Å²) in [6.45, 7) is 2.02. The fourth-order valence-electron chi connectivity index (χ4n) is 1.34. The molecule has 0 fully saturated rings. The van der Waals surface area contributed by atoms with E-state index in [0.29, 0.717) is 0 Å². The van der Waals surface area contributed by atoms with E-state index in [2.05, 4.69) is 38.2 Å². The van der Waals surface area contributed by atoms with Gasteiger partial charge in [0.15, 0.2) is 0 Å². The van der Waals surface area contributed by atoms with Gasteiger partial charge in [-0.1, -0.05) is 6.07 Å². The number of fused-ring (bicyclic) bond motifs is 1. The Morgan fingerprint density at radius 3 is 2.83 bits per heavy atom. The highest BCUT2D eigenvalue weighted by Gasteiger charge is 2.05. The highest BCUT2D eigenvalue weighted by atomic mass is 127. The van der Waals surface area contributed by atoms with Crippen LogP contribution in [-0.4, -0.2) is 9.55 Å². The zero-order chi connectivity index (χ0) is 8.72. The lowest BCUT2D eigenvalue weighted by Gasteiger charge is -1.97. The molecule has 0 aliphatic rings. The Morgan fingerprint density at radius 2 is 2.17 bits per heavy atom. The smallest absolute Gasteiger partial charge is 0.106 e. The molecule has 1 heterocycles. The van der Waals surface area contributed by atoms with E-state index in [9.17, 15) is 0 Å². The SMILES string of the molecule is Cc1nc2cccc(I)c2n1C. The van der Waals surface area contributed by atoms with Gasteiger partial charge in [0.1, 0.15) is 5.82 Å². The van der Waals surface area contributed by atoms with Crippen LogP contribution in [0.1, 0.15) is 5.82 Å². The molecule has 3 heteroatoms. The second-order valence-corrected chi connectivity index (χ2v) is 3.99. The predicted octanol–water partition coefficient (Wildman–Crippen LogP) is 2.49. The van der Waals surface area contributed by atoms with E-state index in [4.69, 9.17) is 0 Å². The second kappa shape index (κ2) is 2.73. The van der Waals surface area contributed by atoms with E-state index in [1.807, 2.05) is 26.1 Å². The highest BCUT2D eigenvalue weighted by molar-refractivity contribution is 14.1. The van der Waals surface area contributed by atoms with Crippen LogP contribution < -0.4 is 0 Å². The standard InChI is InChI=1S/C9H9IN2/c1-6-11-8-5-3-4-7(10)9(8)12(6)2/h3-5H,1-2H3. The molecule has 1 aromatic carbocycles. The number of aromatic nitrogens is 2. The van der Waals surface area contributed by atoms with Gasteiger partial charge in [0, 0.05) is 10.6 Å². The third-order valence-corrected chi connectivity index (χ3v) is 2.94. The summed E-state index contributed by atoms with van der Waals surface area (Å²) in [4.78, 5) is 4.43. The summed E-state index contributed by atoms with van der Waals surface area (Å²) < 4.78 is 3.38. The lowest BCUT2D eigenvalue weighted by molar-refractivity contribution is 0.884. The number of hydrogen-bond acceptors (Lipinski definition) is 1. The van der Waals surface area contributed by atoms with Crippen molar-refractivity contribution in [1.82, 2.24) is 9.55 Å². The average Bonchev–Trinajstić information content (AvgIpc) is 2.29. The van der Waals surface area contributed by atoms with Crippen molar-refractivity contribution in [3.63, 3.8) is 0 Å². The maximum Gasteiger partial charge on any atom is 0.106 e. The quantitative estimate of drug-likeness (QED) is 0.674. The van der Waals surface area contributed by atoms with E-state index in [0.717, 1.165) is 11.3 Å². The molecule has 0 saturated carbocycles. The average molecular weight is 272 g/mol. The van der Waals surface area contributed by atoms with Crippen LogP contribution in [0.15, 0.2) is 18.2 Å². The molecular formula is C9H9IN2. The summed E-state index contributed by atoms with van der Waals surface area (Å²) in [7, 11) is 2.05. The Bertz CT molecular complexity index is 431. The summed E-state index contributed by atoms with van der Waals surface area (Å²) in [6.07, 6.45) is 0. The van der Waals surface area contributed by atoms with Crippen molar-refractivity contribution in [2.45, 2.75) is 6.92 Å². The Hall–Kier alpha value is -0.580. The third-order valence-electron chi connectivity index (χ3n) is 2.07. The first-order chi connectivity index (χ1) is 5.70. The Balaban J connectivity index is 2.97.